The summed E-state index contributed by atoms with van der Waals surface area (Å²) in [4.78, 5) is 11.9. The van der Waals surface area contributed by atoms with Gasteiger partial charge >= 0.3 is 6.09 Å². The van der Waals surface area contributed by atoms with Crippen LogP contribution in [-0.4, -0.2) is 27.5 Å². The van der Waals surface area contributed by atoms with E-state index in [0.717, 1.165) is 0 Å². The molecule has 0 aliphatic heterocycles. The predicted molar refractivity (Wildman–Crippen MR) is 90.6 cm³/mol. The standard InChI is InChI=1S/C13H20Br2ClN3O2/c1-7(2)8(17-12(20)21-13(3,4)5)6-19-11(15)9(16)10(14)18-19/h7-8H,6H2,1-5H3,(H,17,20)/t8-/m0/s1. The van der Waals surface area contributed by atoms with Crippen LogP contribution < -0.4 is 5.32 Å². The monoisotopic (exact) mass is 443 g/mol. The maximum atomic E-state index is 11.9. The zero-order valence-corrected chi connectivity index (χ0v) is 16.6. The van der Waals surface area contributed by atoms with Crippen molar-refractivity contribution in [1.82, 2.24) is 15.1 Å². The summed E-state index contributed by atoms with van der Waals surface area (Å²) in [6.45, 7) is 10.0. The van der Waals surface area contributed by atoms with Gasteiger partial charge in [-0.15, -0.1) is 0 Å². The average molecular weight is 446 g/mol. The maximum absolute atomic E-state index is 11.9. The highest BCUT2D eigenvalue weighted by Gasteiger charge is 2.23. The third kappa shape index (κ3) is 5.79. The second-order valence-corrected chi connectivity index (χ2v) is 7.95. The van der Waals surface area contributed by atoms with E-state index in [9.17, 15) is 4.79 Å². The van der Waals surface area contributed by atoms with Crippen molar-refractivity contribution in [3.05, 3.63) is 14.2 Å². The number of carbonyl (C=O) groups excluding carboxylic acids is 1. The number of amides is 1. The number of nitrogens with zero attached hydrogens (tertiary/aromatic N) is 2. The van der Waals surface area contributed by atoms with E-state index < -0.39 is 11.7 Å². The van der Waals surface area contributed by atoms with Gasteiger partial charge in [0.05, 0.1) is 12.6 Å². The molecule has 0 bridgehead atoms. The molecule has 1 aromatic rings. The van der Waals surface area contributed by atoms with Crippen LogP contribution in [0.1, 0.15) is 34.6 Å². The van der Waals surface area contributed by atoms with Crippen LogP contribution in [0.4, 0.5) is 4.79 Å². The molecule has 1 N–H and O–H groups in total. The van der Waals surface area contributed by atoms with Crippen molar-refractivity contribution < 1.29 is 9.53 Å². The van der Waals surface area contributed by atoms with Crippen LogP contribution in [0.25, 0.3) is 0 Å². The summed E-state index contributed by atoms with van der Waals surface area (Å²) in [5, 5.41) is 7.66. The van der Waals surface area contributed by atoms with Crippen LogP contribution in [0, 0.1) is 5.92 Å². The van der Waals surface area contributed by atoms with Gasteiger partial charge in [-0.05, 0) is 58.5 Å². The lowest BCUT2D eigenvalue weighted by Crippen LogP contribution is -2.44. The molecule has 0 unspecified atom stereocenters. The van der Waals surface area contributed by atoms with Gasteiger partial charge < -0.3 is 10.1 Å². The molecule has 120 valence electrons. The minimum absolute atomic E-state index is 0.126. The van der Waals surface area contributed by atoms with Crippen LogP contribution >= 0.6 is 43.5 Å². The number of halogens is 3. The fourth-order valence-corrected chi connectivity index (χ4v) is 2.77. The third-order valence-corrected chi connectivity index (χ3v) is 4.85. The van der Waals surface area contributed by atoms with E-state index in [1.807, 2.05) is 34.6 Å². The molecule has 1 heterocycles. The first-order valence-electron chi connectivity index (χ1n) is 6.58. The number of nitrogens with one attached hydrogen (secondary N) is 1. The molecule has 21 heavy (non-hydrogen) atoms. The van der Waals surface area contributed by atoms with Gasteiger partial charge in [0.25, 0.3) is 0 Å². The molecule has 1 rings (SSSR count). The van der Waals surface area contributed by atoms with Crippen molar-refractivity contribution in [3.8, 4) is 0 Å². The molecule has 0 fully saturated rings. The third-order valence-electron chi connectivity index (χ3n) is 2.67. The van der Waals surface area contributed by atoms with Gasteiger partial charge in [0.1, 0.15) is 19.8 Å². The molecular weight excluding hydrogens is 425 g/mol. The minimum Gasteiger partial charge on any atom is -0.444 e. The van der Waals surface area contributed by atoms with Gasteiger partial charge in [-0.2, -0.15) is 5.10 Å². The van der Waals surface area contributed by atoms with Gasteiger partial charge in [-0.1, -0.05) is 25.4 Å². The Balaban J connectivity index is 2.79. The molecule has 0 aromatic carbocycles. The fraction of sp³-hybridized carbons (Fsp3) is 0.692. The molecule has 1 aromatic heterocycles. The number of alkyl carbamates (subject to hydrolysis) is 1. The van der Waals surface area contributed by atoms with Gasteiger partial charge in [0.2, 0.25) is 0 Å². The van der Waals surface area contributed by atoms with Gasteiger partial charge in [-0.3, -0.25) is 4.68 Å². The van der Waals surface area contributed by atoms with Crippen LogP contribution in [0.2, 0.25) is 5.02 Å². The summed E-state index contributed by atoms with van der Waals surface area (Å²) in [7, 11) is 0. The summed E-state index contributed by atoms with van der Waals surface area (Å²) in [5.74, 6) is 0.214. The topological polar surface area (TPSA) is 56.2 Å². The zero-order chi connectivity index (χ0) is 16.4. The summed E-state index contributed by atoms with van der Waals surface area (Å²) < 4.78 is 8.23. The van der Waals surface area contributed by atoms with E-state index in [2.05, 4.69) is 42.3 Å². The molecule has 1 amide bonds. The predicted octanol–water partition coefficient (Wildman–Crippen LogP) is 4.61. The first-order valence-corrected chi connectivity index (χ1v) is 8.54. The second-order valence-electron chi connectivity index (χ2n) is 6.07. The number of hydrogen-bond donors (Lipinski definition) is 1. The molecule has 0 aliphatic rings. The lowest BCUT2D eigenvalue weighted by molar-refractivity contribution is 0.0482. The fourth-order valence-electron chi connectivity index (χ4n) is 1.58. The Morgan fingerprint density at radius 3 is 2.38 bits per heavy atom. The molecular formula is C13H20Br2ClN3O2. The van der Waals surface area contributed by atoms with E-state index in [1.54, 1.807) is 4.68 Å². The Bertz CT molecular complexity index is 512. The van der Waals surface area contributed by atoms with E-state index in [1.165, 1.54) is 0 Å². The van der Waals surface area contributed by atoms with Crippen molar-refractivity contribution in [2.45, 2.75) is 52.8 Å². The lowest BCUT2D eigenvalue weighted by Gasteiger charge is -2.26. The Labute approximate surface area is 147 Å². The first kappa shape index (κ1) is 18.8. The molecule has 0 aliphatic carbocycles. The Hall–Kier alpha value is -0.270. The number of aromatic nitrogens is 2. The van der Waals surface area contributed by atoms with E-state index in [0.29, 0.717) is 20.8 Å². The smallest absolute Gasteiger partial charge is 0.407 e. The molecule has 0 saturated heterocycles. The first-order chi connectivity index (χ1) is 9.51. The van der Waals surface area contributed by atoms with E-state index in [4.69, 9.17) is 16.3 Å². The van der Waals surface area contributed by atoms with Crippen molar-refractivity contribution in [2.24, 2.45) is 5.92 Å². The van der Waals surface area contributed by atoms with Crippen LogP contribution in [0.5, 0.6) is 0 Å². The lowest BCUT2D eigenvalue weighted by atomic mass is 10.1. The molecule has 8 heteroatoms. The molecule has 5 nitrogen and oxygen atoms in total. The van der Waals surface area contributed by atoms with Crippen LogP contribution in [-0.2, 0) is 11.3 Å². The quantitative estimate of drug-likeness (QED) is 0.736. The van der Waals surface area contributed by atoms with E-state index >= 15 is 0 Å². The van der Waals surface area contributed by atoms with Crippen molar-refractivity contribution in [1.29, 1.82) is 0 Å². The zero-order valence-electron chi connectivity index (χ0n) is 12.7. The summed E-state index contributed by atoms with van der Waals surface area (Å²) in [6.07, 6.45) is -0.436. The Kier molecular flexibility index (Phi) is 6.55. The van der Waals surface area contributed by atoms with Gasteiger partial charge in [0, 0.05) is 0 Å². The average Bonchev–Trinajstić information content (AvgIpc) is 2.53. The largest absolute Gasteiger partial charge is 0.444 e. The normalized spacial score (nSPS) is 13.4. The summed E-state index contributed by atoms with van der Waals surface area (Å²) >= 11 is 12.7. The highest BCUT2D eigenvalue weighted by atomic mass is 79.9. The Morgan fingerprint density at radius 1 is 1.43 bits per heavy atom. The van der Waals surface area contributed by atoms with Gasteiger partial charge in [0.15, 0.2) is 0 Å². The number of rotatable bonds is 4. The number of ether oxygens (including phenoxy) is 1. The highest BCUT2D eigenvalue weighted by molar-refractivity contribution is 9.11. The van der Waals surface area contributed by atoms with Crippen LogP contribution in [0.3, 0.4) is 0 Å². The maximum Gasteiger partial charge on any atom is 0.407 e. The highest BCUT2D eigenvalue weighted by Crippen LogP contribution is 2.30. The summed E-state index contributed by atoms with van der Waals surface area (Å²) in [5.41, 5.74) is -0.524. The number of hydrogen-bond acceptors (Lipinski definition) is 3. The van der Waals surface area contributed by atoms with E-state index in [-0.39, 0.29) is 12.0 Å². The Morgan fingerprint density at radius 2 is 2.00 bits per heavy atom. The molecule has 0 saturated carbocycles. The summed E-state index contributed by atoms with van der Waals surface area (Å²) in [6, 6.07) is -0.126. The van der Waals surface area contributed by atoms with Gasteiger partial charge in [-0.25, -0.2) is 4.79 Å². The second kappa shape index (κ2) is 7.33. The van der Waals surface area contributed by atoms with Crippen molar-refractivity contribution in [3.63, 3.8) is 0 Å². The van der Waals surface area contributed by atoms with Crippen LogP contribution in [0.15, 0.2) is 9.21 Å². The number of carbonyl (C=O) groups is 1. The van der Waals surface area contributed by atoms with Crippen molar-refractivity contribution in [2.75, 3.05) is 0 Å². The minimum atomic E-state index is -0.524. The molecule has 1 atom stereocenters. The molecule has 0 spiro atoms. The SMILES string of the molecule is CC(C)[C@H](Cn1nc(Br)c(Cl)c1Br)NC(=O)OC(C)(C)C. The molecule has 0 radical (unpaired) electrons. The van der Waals surface area contributed by atoms with Crippen molar-refractivity contribution >= 4 is 49.6 Å².